The number of nitrogens with zero attached hydrogens (tertiary/aromatic N) is 4. The molecule has 2 saturated heterocycles. The molecule has 13 heteroatoms. The van der Waals surface area contributed by atoms with Crippen molar-refractivity contribution in [1.29, 1.82) is 0 Å². The molecule has 0 aliphatic carbocycles. The van der Waals surface area contributed by atoms with Gasteiger partial charge >= 0.3 is 0 Å². The average Bonchev–Trinajstić information content (AvgIpc) is 3.70. The van der Waals surface area contributed by atoms with Gasteiger partial charge in [-0.25, -0.2) is 22.8 Å². The second kappa shape index (κ2) is 11.6. The fourth-order valence-corrected chi connectivity index (χ4v) is 6.63. The van der Waals surface area contributed by atoms with Gasteiger partial charge in [-0.05, 0) is 49.1 Å². The maximum atomic E-state index is 15.0. The summed E-state index contributed by atoms with van der Waals surface area (Å²) in [5.41, 5.74) is 8.20. The summed E-state index contributed by atoms with van der Waals surface area (Å²) in [5, 5.41) is 10.9. The molecule has 1 atom stereocenters. The molecule has 0 spiro atoms. The second-order valence-electron chi connectivity index (χ2n) is 10.0. The Morgan fingerprint density at radius 3 is 2.46 bits per heavy atom. The molecule has 41 heavy (non-hydrogen) atoms. The molecule has 2 fully saturated rings. The molecule has 214 valence electrons. The zero-order valence-electron chi connectivity index (χ0n) is 22.1. The fourth-order valence-electron chi connectivity index (χ4n) is 4.92. The van der Waals surface area contributed by atoms with Crippen molar-refractivity contribution in [3.63, 3.8) is 0 Å². The quantitative estimate of drug-likeness (QED) is 0.315. The van der Waals surface area contributed by atoms with Crippen molar-refractivity contribution in [2.75, 3.05) is 32.2 Å². The van der Waals surface area contributed by atoms with Gasteiger partial charge in [-0.1, -0.05) is 18.2 Å². The SMILES string of the molecule is Nc1ncc(-c2ccc(S(=O)(=O)C3CCOCC3)cc2)nc1-c1nnc(-c2ccc(CN[C@@H]3CCOC3)cc2F)o1. The van der Waals surface area contributed by atoms with Crippen LogP contribution in [0.5, 0.6) is 0 Å². The predicted molar refractivity (Wildman–Crippen MR) is 148 cm³/mol. The Balaban J connectivity index is 1.20. The molecule has 11 nitrogen and oxygen atoms in total. The first-order valence-corrected chi connectivity index (χ1v) is 14.9. The van der Waals surface area contributed by atoms with E-state index in [1.165, 1.54) is 12.3 Å². The van der Waals surface area contributed by atoms with Crippen LogP contribution in [-0.2, 0) is 25.9 Å². The lowest BCUT2D eigenvalue weighted by atomic mass is 10.1. The van der Waals surface area contributed by atoms with Gasteiger partial charge in [0.15, 0.2) is 21.3 Å². The van der Waals surface area contributed by atoms with Crippen molar-refractivity contribution in [3.05, 3.63) is 60.0 Å². The summed E-state index contributed by atoms with van der Waals surface area (Å²) in [6, 6.07) is 11.5. The summed E-state index contributed by atoms with van der Waals surface area (Å²) in [6.45, 7) is 2.78. The van der Waals surface area contributed by atoms with Crippen LogP contribution >= 0.6 is 0 Å². The fraction of sp³-hybridized carbons (Fsp3) is 0.357. The van der Waals surface area contributed by atoms with Gasteiger partial charge in [-0.3, -0.25) is 0 Å². The van der Waals surface area contributed by atoms with Gasteiger partial charge in [0, 0.05) is 38.0 Å². The molecule has 0 amide bonds. The first-order chi connectivity index (χ1) is 19.9. The normalized spacial score (nSPS) is 18.1. The highest BCUT2D eigenvalue weighted by Crippen LogP contribution is 2.30. The summed E-state index contributed by atoms with van der Waals surface area (Å²) >= 11 is 0. The van der Waals surface area contributed by atoms with E-state index >= 15 is 0 Å². The number of anilines is 1. The average molecular weight is 581 g/mol. The highest BCUT2D eigenvalue weighted by molar-refractivity contribution is 7.92. The van der Waals surface area contributed by atoms with Crippen LogP contribution in [-0.4, -0.2) is 66.3 Å². The molecular weight excluding hydrogens is 551 g/mol. The van der Waals surface area contributed by atoms with Crippen LogP contribution in [0.15, 0.2) is 58.0 Å². The number of sulfone groups is 1. The van der Waals surface area contributed by atoms with Gasteiger partial charge in [-0.2, -0.15) is 0 Å². The van der Waals surface area contributed by atoms with Crippen molar-refractivity contribution in [3.8, 4) is 34.3 Å². The van der Waals surface area contributed by atoms with E-state index < -0.39 is 20.9 Å². The van der Waals surface area contributed by atoms with Crippen LogP contribution in [0.2, 0.25) is 0 Å². The molecule has 0 radical (unpaired) electrons. The van der Waals surface area contributed by atoms with Crippen LogP contribution in [0, 0.1) is 5.82 Å². The lowest BCUT2D eigenvalue weighted by Crippen LogP contribution is -2.28. The molecule has 0 unspecified atom stereocenters. The van der Waals surface area contributed by atoms with Gasteiger partial charge in [0.25, 0.3) is 11.8 Å². The summed E-state index contributed by atoms with van der Waals surface area (Å²) in [6.07, 6.45) is 3.36. The third-order valence-electron chi connectivity index (χ3n) is 7.30. The lowest BCUT2D eigenvalue weighted by molar-refractivity contribution is 0.0983. The number of halogens is 1. The highest BCUT2D eigenvalue weighted by atomic mass is 32.2. The van der Waals surface area contributed by atoms with E-state index in [-0.39, 0.29) is 39.8 Å². The van der Waals surface area contributed by atoms with Crippen molar-refractivity contribution < 1.29 is 26.7 Å². The standard InChI is InChI=1S/C28H29FN6O5S/c29-23-13-17(14-31-19-7-10-39-16-19)1-6-22(23)27-34-35-28(40-27)25-26(30)32-15-24(33-25)18-2-4-20(5-3-18)41(36,37)21-8-11-38-12-9-21/h1-6,13,15,19,21,31H,7-12,14,16H2,(H2,30,32)/t19-/m1/s1. The van der Waals surface area contributed by atoms with Gasteiger partial charge in [-0.15, -0.1) is 10.2 Å². The van der Waals surface area contributed by atoms with Crippen molar-refractivity contribution in [2.24, 2.45) is 0 Å². The van der Waals surface area contributed by atoms with Gasteiger partial charge in [0.2, 0.25) is 0 Å². The molecule has 2 aromatic heterocycles. The van der Waals surface area contributed by atoms with E-state index in [1.54, 1.807) is 36.4 Å². The minimum Gasteiger partial charge on any atom is -0.414 e. The van der Waals surface area contributed by atoms with E-state index in [0.717, 1.165) is 18.6 Å². The lowest BCUT2D eigenvalue weighted by Gasteiger charge is -2.22. The van der Waals surface area contributed by atoms with E-state index in [0.29, 0.717) is 50.5 Å². The first kappa shape index (κ1) is 27.4. The molecular formula is C28H29FN6O5S. The Labute approximate surface area is 236 Å². The smallest absolute Gasteiger partial charge is 0.270 e. The Morgan fingerprint density at radius 1 is 0.976 bits per heavy atom. The molecule has 2 aromatic carbocycles. The number of nitrogen functional groups attached to an aromatic ring is 1. The van der Waals surface area contributed by atoms with E-state index in [4.69, 9.17) is 19.6 Å². The molecule has 2 aliphatic heterocycles. The van der Waals surface area contributed by atoms with Gasteiger partial charge in [0.05, 0.1) is 34.2 Å². The molecule has 0 saturated carbocycles. The number of benzene rings is 2. The summed E-state index contributed by atoms with van der Waals surface area (Å²) < 4.78 is 57.4. The molecule has 0 bridgehead atoms. The van der Waals surface area contributed by atoms with E-state index in [1.807, 2.05) is 0 Å². The van der Waals surface area contributed by atoms with Gasteiger partial charge < -0.3 is 24.9 Å². The maximum Gasteiger partial charge on any atom is 0.270 e. The Morgan fingerprint density at radius 2 is 1.73 bits per heavy atom. The van der Waals surface area contributed by atoms with E-state index in [9.17, 15) is 12.8 Å². The number of nitrogens with two attached hydrogens (primary N) is 1. The summed E-state index contributed by atoms with van der Waals surface area (Å²) in [7, 11) is -3.46. The van der Waals surface area contributed by atoms with Crippen molar-refractivity contribution in [1.82, 2.24) is 25.5 Å². The van der Waals surface area contributed by atoms with Crippen molar-refractivity contribution >= 4 is 15.7 Å². The van der Waals surface area contributed by atoms with E-state index in [2.05, 4.69) is 25.5 Å². The molecule has 6 rings (SSSR count). The van der Waals surface area contributed by atoms with Gasteiger partial charge in [0.1, 0.15) is 5.82 Å². The topological polar surface area (TPSA) is 155 Å². The molecule has 4 aromatic rings. The number of hydrogen-bond acceptors (Lipinski definition) is 11. The minimum atomic E-state index is -3.46. The van der Waals surface area contributed by atoms with Crippen LogP contribution in [0.3, 0.4) is 0 Å². The number of rotatable bonds is 8. The summed E-state index contributed by atoms with van der Waals surface area (Å²) in [5.74, 6) is -0.473. The monoisotopic (exact) mass is 580 g/mol. The molecule has 4 heterocycles. The zero-order chi connectivity index (χ0) is 28.4. The van der Waals surface area contributed by atoms with Crippen LogP contribution in [0.4, 0.5) is 10.2 Å². The second-order valence-corrected chi connectivity index (χ2v) is 12.3. The number of aromatic nitrogens is 4. The summed E-state index contributed by atoms with van der Waals surface area (Å²) in [4.78, 5) is 8.99. The first-order valence-electron chi connectivity index (χ1n) is 13.4. The number of hydrogen-bond donors (Lipinski definition) is 2. The third kappa shape index (κ3) is 5.84. The van der Waals surface area contributed by atoms with Crippen LogP contribution < -0.4 is 11.1 Å². The van der Waals surface area contributed by atoms with Crippen LogP contribution in [0.1, 0.15) is 24.8 Å². The number of nitrogens with one attached hydrogen (secondary N) is 1. The van der Waals surface area contributed by atoms with Crippen LogP contribution in [0.25, 0.3) is 34.3 Å². The van der Waals surface area contributed by atoms with Crippen molar-refractivity contribution in [2.45, 2.75) is 42.0 Å². The number of ether oxygens (including phenoxy) is 2. The molecule has 3 N–H and O–H groups in total. The Bertz CT molecular complexity index is 1630. The Kier molecular flexibility index (Phi) is 7.75. The minimum absolute atomic E-state index is 0.0167. The maximum absolute atomic E-state index is 15.0. The molecule has 2 aliphatic rings. The largest absolute Gasteiger partial charge is 0.414 e. The zero-order valence-corrected chi connectivity index (χ0v) is 22.9. The third-order valence-corrected chi connectivity index (χ3v) is 9.58. The Hall–Kier alpha value is -3.78. The predicted octanol–water partition coefficient (Wildman–Crippen LogP) is 3.41. The highest BCUT2D eigenvalue weighted by Gasteiger charge is 2.29.